The van der Waals surface area contributed by atoms with Crippen molar-refractivity contribution in [2.24, 2.45) is 0 Å². The van der Waals surface area contributed by atoms with Gasteiger partial charge in [0.15, 0.2) is 0 Å². The average Bonchev–Trinajstić information content (AvgIpc) is 2.35. The van der Waals surface area contributed by atoms with Gasteiger partial charge in [-0.3, -0.25) is 0 Å². The molecule has 0 aromatic heterocycles. The SMILES string of the molecule is CC#CCCC(NCCC)C1SCCSC1C. The Morgan fingerprint density at radius 2 is 2.12 bits per heavy atom. The van der Waals surface area contributed by atoms with Gasteiger partial charge in [0.05, 0.1) is 0 Å². The first kappa shape index (κ1) is 15.3. The fourth-order valence-corrected chi connectivity index (χ4v) is 5.16. The number of nitrogens with one attached hydrogen (secondary N) is 1. The third kappa shape index (κ3) is 5.59. The van der Waals surface area contributed by atoms with Crippen molar-refractivity contribution >= 4 is 23.5 Å². The van der Waals surface area contributed by atoms with E-state index in [9.17, 15) is 0 Å². The molecule has 0 aromatic rings. The van der Waals surface area contributed by atoms with Gasteiger partial charge in [0.25, 0.3) is 0 Å². The molecule has 0 saturated carbocycles. The summed E-state index contributed by atoms with van der Waals surface area (Å²) in [7, 11) is 0. The van der Waals surface area contributed by atoms with Gasteiger partial charge in [-0.1, -0.05) is 13.8 Å². The van der Waals surface area contributed by atoms with E-state index in [1.165, 1.54) is 24.3 Å². The second-order valence-electron chi connectivity index (χ2n) is 4.44. The van der Waals surface area contributed by atoms with Gasteiger partial charge < -0.3 is 5.32 Å². The Labute approximate surface area is 115 Å². The summed E-state index contributed by atoms with van der Waals surface area (Å²) >= 11 is 4.29. The highest BCUT2D eigenvalue weighted by atomic mass is 32.2. The third-order valence-corrected chi connectivity index (χ3v) is 6.30. The van der Waals surface area contributed by atoms with Gasteiger partial charge >= 0.3 is 0 Å². The Bertz CT molecular complexity index is 257. The molecule has 1 nitrogen and oxygen atoms in total. The van der Waals surface area contributed by atoms with Crippen molar-refractivity contribution in [3.8, 4) is 11.8 Å². The summed E-state index contributed by atoms with van der Waals surface area (Å²) in [5.74, 6) is 8.83. The average molecular weight is 271 g/mol. The highest BCUT2D eigenvalue weighted by molar-refractivity contribution is 8.07. The molecule has 1 aliphatic heterocycles. The summed E-state index contributed by atoms with van der Waals surface area (Å²) in [5.41, 5.74) is 0. The van der Waals surface area contributed by atoms with Crippen LogP contribution in [0.25, 0.3) is 0 Å². The van der Waals surface area contributed by atoms with Crippen molar-refractivity contribution in [1.29, 1.82) is 0 Å². The standard InChI is InChI=1S/C14H25NS2/c1-4-6-7-8-13(15-9-5-2)14-12(3)16-10-11-17-14/h12-15H,5,7-11H2,1-3H3. The van der Waals surface area contributed by atoms with Crippen LogP contribution in [0.1, 0.15) is 40.0 Å². The summed E-state index contributed by atoms with van der Waals surface area (Å²) in [6, 6.07) is 0.642. The van der Waals surface area contributed by atoms with E-state index in [4.69, 9.17) is 0 Å². The highest BCUT2D eigenvalue weighted by Gasteiger charge is 2.29. The molecule has 0 radical (unpaired) electrons. The molecule has 1 saturated heterocycles. The lowest BCUT2D eigenvalue weighted by Gasteiger charge is -2.35. The first-order valence-corrected chi connectivity index (χ1v) is 8.75. The summed E-state index contributed by atoms with van der Waals surface area (Å²) in [4.78, 5) is 0. The van der Waals surface area contributed by atoms with E-state index in [2.05, 4.69) is 54.5 Å². The van der Waals surface area contributed by atoms with E-state index in [-0.39, 0.29) is 0 Å². The predicted octanol–water partition coefficient (Wildman–Crippen LogP) is 3.40. The van der Waals surface area contributed by atoms with Crippen molar-refractivity contribution in [2.45, 2.75) is 56.6 Å². The van der Waals surface area contributed by atoms with Gasteiger partial charge in [0.2, 0.25) is 0 Å². The smallest absolute Gasteiger partial charge is 0.0317 e. The van der Waals surface area contributed by atoms with E-state index in [0.717, 1.165) is 23.5 Å². The molecule has 1 rings (SSSR count). The molecule has 0 aliphatic carbocycles. The van der Waals surface area contributed by atoms with Crippen molar-refractivity contribution in [2.75, 3.05) is 18.1 Å². The molecule has 3 unspecified atom stereocenters. The monoisotopic (exact) mass is 271 g/mol. The van der Waals surface area contributed by atoms with Gasteiger partial charge in [0, 0.05) is 34.5 Å². The minimum absolute atomic E-state index is 0.642. The minimum Gasteiger partial charge on any atom is -0.313 e. The second kappa shape index (κ2) is 9.19. The van der Waals surface area contributed by atoms with E-state index >= 15 is 0 Å². The molecule has 98 valence electrons. The summed E-state index contributed by atoms with van der Waals surface area (Å²) < 4.78 is 0. The topological polar surface area (TPSA) is 12.0 Å². The van der Waals surface area contributed by atoms with Crippen LogP contribution in [0, 0.1) is 11.8 Å². The second-order valence-corrected chi connectivity index (χ2v) is 7.21. The maximum atomic E-state index is 3.73. The van der Waals surface area contributed by atoms with Gasteiger partial charge in [-0.15, -0.1) is 11.8 Å². The zero-order valence-corrected chi connectivity index (χ0v) is 12.9. The van der Waals surface area contributed by atoms with Gasteiger partial charge in [0.1, 0.15) is 0 Å². The lowest BCUT2D eigenvalue weighted by atomic mass is 10.1. The predicted molar refractivity (Wildman–Crippen MR) is 82.9 cm³/mol. The van der Waals surface area contributed by atoms with Crippen LogP contribution in [-0.4, -0.2) is 34.6 Å². The first-order chi connectivity index (χ1) is 8.29. The van der Waals surface area contributed by atoms with Crippen molar-refractivity contribution < 1.29 is 0 Å². The van der Waals surface area contributed by atoms with Crippen LogP contribution in [0.3, 0.4) is 0 Å². The number of hydrogen-bond acceptors (Lipinski definition) is 3. The number of thioether (sulfide) groups is 2. The van der Waals surface area contributed by atoms with E-state index in [1.807, 2.05) is 6.92 Å². The highest BCUT2D eigenvalue weighted by Crippen LogP contribution is 2.34. The van der Waals surface area contributed by atoms with Crippen LogP contribution in [0.4, 0.5) is 0 Å². The Balaban J connectivity index is 2.48. The quantitative estimate of drug-likeness (QED) is 0.744. The first-order valence-electron chi connectivity index (χ1n) is 6.65. The molecule has 0 amide bonds. The fraction of sp³-hybridized carbons (Fsp3) is 0.857. The zero-order chi connectivity index (χ0) is 12.5. The van der Waals surface area contributed by atoms with Crippen LogP contribution in [0.2, 0.25) is 0 Å². The third-order valence-electron chi connectivity index (χ3n) is 3.05. The number of hydrogen-bond donors (Lipinski definition) is 1. The molecule has 17 heavy (non-hydrogen) atoms. The molecule has 1 heterocycles. The largest absolute Gasteiger partial charge is 0.313 e. The fourth-order valence-electron chi connectivity index (χ4n) is 2.16. The molecule has 0 aromatic carbocycles. The van der Waals surface area contributed by atoms with Gasteiger partial charge in [-0.2, -0.15) is 23.5 Å². The van der Waals surface area contributed by atoms with Crippen molar-refractivity contribution in [3.05, 3.63) is 0 Å². The number of rotatable bonds is 6. The maximum Gasteiger partial charge on any atom is 0.0317 e. The van der Waals surface area contributed by atoms with Crippen molar-refractivity contribution in [3.63, 3.8) is 0 Å². The van der Waals surface area contributed by atoms with Crippen LogP contribution < -0.4 is 5.32 Å². The normalized spacial score (nSPS) is 26.1. The van der Waals surface area contributed by atoms with Crippen LogP contribution in [-0.2, 0) is 0 Å². The summed E-state index contributed by atoms with van der Waals surface area (Å²) in [6.07, 6.45) is 3.45. The lowest BCUT2D eigenvalue weighted by Crippen LogP contribution is -2.44. The van der Waals surface area contributed by atoms with Crippen LogP contribution in [0.5, 0.6) is 0 Å². The molecule has 3 atom stereocenters. The van der Waals surface area contributed by atoms with Gasteiger partial charge in [-0.25, -0.2) is 0 Å². The summed E-state index contributed by atoms with van der Waals surface area (Å²) in [5, 5.41) is 5.27. The molecule has 0 bridgehead atoms. The molecular weight excluding hydrogens is 246 g/mol. The van der Waals surface area contributed by atoms with E-state index < -0.39 is 0 Å². The van der Waals surface area contributed by atoms with Gasteiger partial charge in [-0.05, 0) is 26.3 Å². The maximum absolute atomic E-state index is 3.73. The molecule has 3 heteroatoms. The van der Waals surface area contributed by atoms with Crippen molar-refractivity contribution in [1.82, 2.24) is 5.32 Å². The summed E-state index contributed by atoms with van der Waals surface area (Å²) in [6.45, 7) is 7.69. The molecule has 1 aliphatic rings. The van der Waals surface area contributed by atoms with Crippen LogP contribution >= 0.6 is 23.5 Å². The molecule has 0 spiro atoms. The Kier molecular flexibility index (Phi) is 8.26. The molecule has 1 N–H and O–H groups in total. The molecule has 1 fully saturated rings. The minimum atomic E-state index is 0.642. The molecular formula is C14H25NS2. The van der Waals surface area contributed by atoms with E-state index in [0.29, 0.717) is 6.04 Å². The zero-order valence-electron chi connectivity index (χ0n) is 11.3. The Hall–Kier alpha value is 0.220. The van der Waals surface area contributed by atoms with Crippen LogP contribution in [0.15, 0.2) is 0 Å². The lowest BCUT2D eigenvalue weighted by molar-refractivity contribution is 0.467. The Morgan fingerprint density at radius 3 is 2.76 bits per heavy atom. The van der Waals surface area contributed by atoms with E-state index in [1.54, 1.807) is 0 Å². The Morgan fingerprint density at radius 1 is 1.35 bits per heavy atom.